The van der Waals surface area contributed by atoms with Crippen molar-refractivity contribution in [3.05, 3.63) is 17.5 Å². The summed E-state index contributed by atoms with van der Waals surface area (Å²) in [6.07, 6.45) is 1.49. The van der Waals surface area contributed by atoms with Crippen molar-refractivity contribution in [2.75, 3.05) is 12.4 Å². The molecule has 0 spiro atoms. The van der Waals surface area contributed by atoms with E-state index >= 15 is 0 Å². The first-order valence-corrected chi connectivity index (χ1v) is 6.79. The molecule has 0 aromatic carbocycles. The minimum Gasteiger partial charge on any atom is -0.464 e. The number of esters is 1. The summed E-state index contributed by atoms with van der Waals surface area (Å²) in [5, 5.41) is 6.69. The largest absolute Gasteiger partial charge is 0.464 e. The van der Waals surface area contributed by atoms with Crippen LogP contribution in [0.15, 0.2) is 6.20 Å². The van der Waals surface area contributed by atoms with Crippen LogP contribution in [-0.4, -0.2) is 40.1 Å². The van der Waals surface area contributed by atoms with Crippen LogP contribution in [0.2, 0.25) is 0 Å². The monoisotopic (exact) mass is 285 g/mol. The normalized spacial score (nSPS) is 12.0. The lowest BCUT2D eigenvalue weighted by Gasteiger charge is -2.14. The fourth-order valence-corrected chi connectivity index (χ4v) is 1.89. The lowest BCUT2D eigenvalue weighted by molar-refractivity contribution is -0.144. The summed E-state index contributed by atoms with van der Waals surface area (Å²) in [5.41, 5.74) is 1.22. The van der Waals surface area contributed by atoms with Crippen molar-refractivity contribution in [1.29, 1.82) is 0 Å². The first-order valence-electron chi connectivity index (χ1n) is 6.15. The topological polar surface area (TPSA) is 73.2 Å². The highest BCUT2D eigenvalue weighted by atomic mass is 32.1. The summed E-state index contributed by atoms with van der Waals surface area (Å²) in [4.78, 5) is 23.6. The molecule has 0 fully saturated rings. The SMILES string of the molecule is CCOC(=O)[C@H](CS)NC(=O)c1cnn(CC)c1C. The minimum absolute atomic E-state index is 0.186. The summed E-state index contributed by atoms with van der Waals surface area (Å²) in [7, 11) is 0. The molecular weight excluding hydrogens is 266 g/mol. The van der Waals surface area contributed by atoms with Crippen molar-refractivity contribution in [3.63, 3.8) is 0 Å². The van der Waals surface area contributed by atoms with Gasteiger partial charge in [0.15, 0.2) is 0 Å². The predicted octanol–water partition coefficient (Wildman–Crippen LogP) is 0.803. The smallest absolute Gasteiger partial charge is 0.329 e. The molecule has 0 unspecified atom stereocenters. The molecule has 0 bridgehead atoms. The Labute approximate surface area is 117 Å². The maximum atomic E-state index is 12.1. The number of hydrogen-bond donors (Lipinski definition) is 2. The number of thiol groups is 1. The van der Waals surface area contributed by atoms with Gasteiger partial charge in [0.25, 0.3) is 5.91 Å². The number of carbonyl (C=O) groups excluding carboxylic acids is 2. The van der Waals surface area contributed by atoms with Crippen molar-refractivity contribution in [3.8, 4) is 0 Å². The van der Waals surface area contributed by atoms with Crippen LogP contribution in [0.5, 0.6) is 0 Å². The quantitative estimate of drug-likeness (QED) is 0.599. The second-order valence-electron chi connectivity index (χ2n) is 3.92. The molecule has 1 aromatic rings. The summed E-state index contributed by atoms with van der Waals surface area (Å²) in [5.74, 6) is -0.637. The molecule has 1 aromatic heterocycles. The highest BCUT2D eigenvalue weighted by molar-refractivity contribution is 7.80. The molecule has 1 atom stereocenters. The van der Waals surface area contributed by atoms with Gasteiger partial charge in [0.2, 0.25) is 0 Å². The van der Waals surface area contributed by atoms with Gasteiger partial charge in [-0.05, 0) is 20.8 Å². The van der Waals surface area contributed by atoms with Crippen LogP contribution in [0, 0.1) is 6.92 Å². The molecule has 19 heavy (non-hydrogen) atoms. The van der Waals surface area contributed by atoms with Gasteiger partial charge in [-0.25, -0.2) is 4.79 Å². The molecule has 1 rings (SSSR count). The Hall–Kier alpha value is -1.50. The van der Waals surface area contributed by atoms with E-state index in [1.54, 1.807) is 11.6 Å². The van der Waals surface area contributed by atoms with Crippen LogP contribution < -0.4 is 5.32 Å². The Morgan fingerprint density at radius 1 is 1.53 bits per heavy atom. The Morgan fingerprint density at radius 3 is 2.68 bits per heavy atom. The summed E-state index contributed by atoms with van der Waals surface area (Å²) in [6, 6.07) is -0.750. The van der Waals surface area contributed by atoms with Crippen LogP contribution in [0.25, 0.3) is 0 Å². The van der Waals surface area contributed by atoms with Gasteiger partial charge in [0.05, 0.1) is 18.4 Å². The second kappa shape index (κ2) is 7.18. The van der Waals surface area contributed by atoms with E-state index in [9.17, 15) is 9.59 Å². The fraction of sp³-hybridized carbons (Fsp3) is 0.583. The van der Waals surface area contributed by atoms with Crippen molar-refractivity contribution >= 4 is 24.5 Å². The molecule has 0 aliphatic heterocycles. The molecule has 0 aliphatic carbocycles. The average molecular weight is 285 g/mol. The standard InChI is InChI=1S/C12H19N3O3S/c1-4-15-8(3)9(6-13-15)11(16)14-10(7-19)12(17)18-5-2/h6,10,19H,4-5,7H2,1-3H3,(H,14,16)/t10-/m0/s1. The zero-order valence-electron chi connectivity index (χ0n) is 11.3. The minimum atomic E-state index is -0.750. The van der Waals surface area contributed by atoms with Crippen LogP contribution in [0.4, 0.5) is 0 Å². The highest BCUT2D eigenvalue weighted by Crippen LogP contribution is 2.07. The zero-order chi connectivity index (χ0) is 14.4. The van der Waals surface area contributed by atoms with Crippen LogP contribution >= 0.6 is 12.6 Å². The third-order valence-electron chi connectivity index (χ3n) is 2.71. The van der Waals surface area contributed by atoms with Gasteiger partial charge in [-0.1, -0.05) is 0 Å². The van der Waals surface area contributed by atoms with E-state index in [-0.39, 0.29) is 18.3 Å². The number of nitrogens with zero attached hydrogens (tertiary/aromatic N) is 2. The molecule has 0 saturated carbocycles. The third-order valence-corrected chi connectivity index (χ3v) is 3.07. The predicted molar refractivity (Wildman–Crippen MR) is 74.4 cm³/mol. The van der Waals surface area contributed by atoms with E-state index < -0.39 is 12.0 Å². The number of hydrogen-bond acceptors (Lipinski definition) is 5. The van der Waals surface area contributed by atoms with E-state index in [0.29, 0.717) is 12.1 Å². The van der Waals surface area contributed by atoms with Gasteiger partial charge >= 0.3 is 5.97 Å². The molecular formula is C12H19N3O3S. The van der Waals surface area contributed by atoms with Gasteiger partial charge in [-0.2, -0.15) is 17.7 Å². The van der Waals surface area contributed by atoms with Crippen molar-refractivity contribution < 1.29 is 14.3 Å². The van der Waals surface area contributed by atoms with Gasteiger partial charge in [-0.3, -0.25) is 9.48 Å². The molecule has 1 heterocycles. The van der Waals surface area contributed by atoms with E-state index in [4.69, 9.17) is 4.74 Å². The van der Waals surface area contributed by atoms with E-state index in [2.05, 4.69) is 23.0 Å². The Morgan fingerprint density at radius 2 is 2.21 bits per heavy atom. The van der Waals surface area contributed by atoms with Crippen LogP contribution in [0.3, 0.4) is 0 Å². The van der Waals surface area contributed by atoms with E-state index in [1.807, 2.05) is 13.8 Å². The number of aryl methyl sites for hydroxylation is 1. The number of aromatic nitrogens is 2. The zero-order valence-corrected chi connectivity index (χ0v) is 12.2. The first kappa shape index (κ1) is 15.6. The number of ether oxygens (including phenoxy) is 1. The van der Waals surface area contributed by atoms with E-state index in [0.717, 1.165) is 5.69 Å². The summed E-state index contributed by atoms with van der Waals surface area (Å²) >= 11 is 4.05. The van der Waals surface area contributed by atoms with Crippen molar-refractivity contribution in [1.82, 2.24) is 15.1 Å². The van der Waals surface area contributed by atoms with E-state index in [1.165, 1.54) is 6.20 Å². The average Bonchev–Trinajstić information content (AvgIpc) is 2.77. The lowest BCUT2D eigenvalue weighted by atomic mass is 10.2. The molecule has 106 valence electrons. The van der Waals surface area contributed by atoms with Gasteiger partial charge in [0, 0.05) is 18.0 Å². The number of amides is 1. The Kier molecular flexibility index (Phi) is 5.88. The summed E-state index contributed by atoms with van der Waals surface area (Å²) in [6.45, 7) is 6.42. The van der Waals surface area contributed by atoms with Gasteiger partial charge in [0.1, 0.15) is 6.04 Å². The van der Waals surface area contributed by atoms with Crippen molar-refractivity contribution in [2.45, 2.75) is 33.4 Å². The highest BCUT2D eigenvalue weighted by Gasteiger charge is 2.23. The number of carbonyl (C=O) groups is 2. The molecule has 0 saturated heterocycles. The molecule has 7 heteroatoms. The Balaban J connectivity index is 2.77. The fourth-order valence-electron chi connectivity index (χ4n) is 1.65. The number of rotatable bonds is 6. The Bertz CT molecular complexity index is 459. The lowest BCUT2D eigenvalue weighted by Crippen LogP contribution is -2.43. The van der Waals surface area contributed by atoms with Crippen LogP contribution in [-0.2, 0) is 16.1 Å². The third kappa shape index (κ3) is 3.73. The molecule has 6 nitrogen and oxygen atoms in total. The number of nitrogens with one attached hydrogen (secondary N) is 1. The second-order valence-corrected chi connectivity index (χ2v) is 4.29. The molecule has 0 radical (unpaired) electrons. The summed E-state index contributed by atoms with van der Waals surface area (Å²) < 4.78 is 6.58. The van der Waals surface area contributed by atoms with Gasteiger partial charge in [-0.15, -0.1) is 0 Å². The molecule has 1 amide bonds. The van der Waals surface area contributed by atoms with Crippen LogP contribution in [0.1, 0.15) is 29.9 Å². The van der Waals surface area contributed by atoms with Gasteiger partial charge < -0.3 is 10.1 Å². The maximum Gasteiger partial charge on any atom is 0.329 e. The molecule has 1 N–H and O–H groups in total. The first-order chi connectivity index (χ1) is 9.04. The van der Waals surface area contributed by atoms with Crippen molar-refractivity contribution in [2.24, 2.45) is 0 Å². The maximum absolute atomic E-state index is 12.1. The molecule has 0 aliphatic rings.